The molecule has 2 rings (SSSR count). The van der Waals surface area contributed by atoms with E-state index in [-0.39, 0.29) is 5.54 Å². The molecule has 1 aromatic heterocycles. The van der Waals surface area contributed by atoms with Crippen LogP contribution < -0.4 is 5.32 Å². The minimum atomic E-state index is -3.16. The van der Waals surface area contributed by atoms with Crippen LogP contribution in [0.15, 0.2) is 29.2 Å². The molecule has 0 radical (unpaired) electrons. The summed E-state index contributed by atoms with van der Waals surface area (Å²) < 4.78 is 22.9. The van der Waals surface area contributed by atoms with Gasteiger partial charge in [0.1, 0.15) is 10.0 Å². The van der Waals surface area contributed by atoms with Crippen LogP contribution in [0.3, 0.4) is 0 Å². The number of sulfone groups is 1. The average molecular weight is 325 g/mol. The van der Waals surface area contributed by atoms with Crippen LogP contribution in [0.5, 0.6) is 0 Å². The number of nitrogens with one attached hydrogen (secondary N) is 1. The first-order chi connectivity index (χ1) is 9.65. The molecule has 0 unspecified atom stereocenters. The molecule has 1 N–H and O–H groups in total. The summed E-state index contributed by atoms with van der Waals surface area (Å²) in [4.78, 5) is 0.311. The van der Waals surface area contributed by atoms with Crippen molar-refractivity contribution >= 4 is 21.2 Å². The molecule has 5 nitrogen and oxygen atoms in total. The molecule has 0 fully saturated rings. The molecule has 0 saturated carbocycles. The largest absolute Gasteiger partial charge is 0.306 e. The summed E-state index contributed by atoms with van der Waals surface area (Å²) in [6.07, 6.45) is 1.20. The summed E-state index contributed by atoms with van der Waals surface area (Å²) in [5.74, 6) is 0. The zero-order valence-corrected chi connectivity index (χ0v) is 14.2. The number of benzene rings is 1. The Kier molecular flexibility index (Phi) is 4.46. The molecular formula is C14H19N3O2S2. The highest BCUT2D eigenvalue weighted by Crippen LogP contribution is 2.25. The van der Waals surface area contributed by atoms with Crippen molar-refractivity contribution in [3.8, 4) is 10.6 Å². The fourth-order valence-electron chi connectivity index (χ4n) is 1.63. The maximum atomic E-state index is 11.4. The second kappa shape index (κ2) is 5.82. The number of aromatic nitrogens is 2. The van der Waals surface area contributed by atoms with Gasteiger partial charge in [0.25, 0.3) is 0 Å². The lowest BCUT2D eigenvalue weighted by molar-refractivity contribution is 0.423. The van der Waals surface area contributed by atoms with E-state index in [2.05, 4.69) is 36.3 Å². The van der Waals surface area contributed by atoms with Crippen LogP contribution in [0.4, 0.5) is 0 Å². The Labute approximate surface area is 129 Å². The van der Waals surface area contributed by atoms with Gasteiger partial charge in [-0.05, 0) is 32.9 Å². The quantitative estimate of drug-likeness (QED) is 0.935. The third kappa shape index (κ3) is 4.59. The third-order valence-corrected chi connectivity index (χ3v) is 4.87. The topological polar surface area (TPSA) is 72.0 Å². The Bertz CT molecular complexity index is 713. The highest BCUT2D eigenvalue weighted by molar-refractivity contribution is 7.90. The Morgan fingerprint density at radius 3 is 2.29 bits per heavy atom. The van der Waals surface area contributed by atoms with Gasteiger partial charge in [0.2, 0.25) is 0 Å². The zero-order chi connectivity index (χ0) is 15.7. The van der Waals surface area contributed by atoms with Gasteiger partial charge in [0.15, 0.2) is 9.84 Å². The summed E-state index contributed by atoms with van der Waals surface area (Å²) in [7, 11) is -3.16. The van der Waals surface area contributed by atoms with Crippen LogP contribution in [0, 0.1) is 0 Å². The van der Waals surface area contributed by atoms with E-state index in [4.69, 9.17) is 0 Å². The van der Waals surface area contributed by atoms with E-state index < -0.39 is 9.84 Å². The third-order valence-electron chi connectivity index (χ3n) is 2.77. The molecule has 21 heavy (non-hydrogen) atoms. The van der Waals surface area contributed by atoms with Gasteiger partial charge in [0, 0.05) is 17.4 Å². The molecular weight excluding hydrogens is 306 g/mol. The molecule has 0 amide bonds. The van der Waals surface area contributed by atoms with E-state index in [1.807, 2.05) is 0 Å². The van der Waals surface area contributed by atoms with Crippen molar-refractivity contribution in [2.24, 2.45) is 0 Å². The molecule has 1 aromatic carbocycles. The van der Waals surface area contributed by atoms with Crippen LogP contribution in [-0.2, 0) is 16.4 Å². The van der Waals surface area contributed by atoms with Gasteiger partial charge in [-0.2, -0.15) is 0 Å². The van der Waals surface area contributed by atoms with Gasteiger partial charge in [-0.3, -0.25) is 0 Å². The van der Waals surface area contributed by atoms with Crippen LogP contribution in [-0.4, -0.2) is 30.4 Å². The molecule has 0 aliphatic carbocycles. The minimum Gasteiger partial charge on any atom is -0.306 e. The first kappa shape index (κ1) is 16.1. The van der Waals surface area contributed by atoms with E-state index in [1.54, 1.807) is 24.3 Å². The van der Waals surface area contributed by atoms with Crippen LogP contribution >= 0.6 is 11.3 Å². The smallest absolute Gasteiger partial charge is 0.175 e. The predicted molar refractivity (Wildman–Crippen MR) is 85.0 cm³/mol. The molecule has 114 valence electrons. The number of hydrogen-bond donors (Lipinski definition) is 1. The average Bonchev–Trinajstić information content (AvgIpc) is 2.83. The first-order valence-electron chi connectivity index (χ1n) is 6.53. The van der Waals surface area contributed by atoms with Gasteiger partial charge in [0.05, 0.1) is 11.4 Å². The van der Waals surface area contributed by atoms with Crippen molar-refractivity contribution in [2.45, 2.75) is 37.8 Å². The Balaban J connectivity index is 2.14. The van der Waals surface area contributed by atoms with Crippen molar-refractivity contribution in [2.75, 3.05) is 6.26 Å². The fraction of sp³-hybridized carbons (Fsp3) is 0.429. The highest BCUT2D eigenvalue weighted by atomic mass is 32.2. The van der Waals surface area contributed by atoms with E-state index in [1.165, 1.54) is 17.6 Å². The molecule has 0 aliphatic heterocycles. The second-order valence-electron chi connectivity index (χ2n) is 5.90. The minimum absolute atomic E-state index is 0.0307. The molecule has 0 bridgehead atoms. The van der Waals surface area contributed by atoms with Gasteiger partial charge in [-0.15, -0.1) is 10.2 Å². The summed E-state index contributed by atoms with van der Waals surface area (Å²) in [5.41, 5.74) is 0.907. The fourth-order valence-corrected chi connectivity index (χ4v) is 3.04. The van der Waals surface area contributed by atoms with Crippen molar-refractivity contribution in [3.63, 3.8) is 0 Å². The Hall–Kier alpha value is -1.31. The number of hydrogen-bond acceptors (Lipinski definition) is 6. The Morgan fingerprint density at radius 2 is 1.76 bits per heavy atom. The summed E-state index contributed by atoms with van der Waals surface area (Å²) in [6.45, 7) is 6.96. The molecule has 0 atom stereocenters. The van der Waals surface area contributed by atoms with Crippen molar-refractivity contribution in [3.05, 3.63) is 29.3 Å². The monoisotopic (exact) mass is 325 g/mol. The van der Waals surface area contributed by atoms with Gasteiger partial charge in [-0.25, -0.2) is 8.42 Å². The van der Waals surface area contributed by atoms with E-state index >= 15 is 0 Å². The lowest BCUT2D eigenvalue weighted by atomic mass is 10.1. The number of nitrogens with zero attached hydrogens (tertiary/aromatic N) is 2. The van der Waals surface area contributed by atoms with Crippen molar-refractivity contribution < 1.29 is 8.42 Å². The van der Waals surface area contributed by atoms with E-state index in [0.29, 0.717) is 11.4 Å². The lowest BCUT2D eigenvalue weighted by Gasteiger charge is -2.19. The van der Waals surface area contributed by atoms with E-state index in [9.17, 15) is 8.42 Å². The molecule has 0 aliphatic rings. The molecule has 2 aromatic rings. The maximum absolute atomic E-state index is 11.4. The summed E-state index contributed by atoms with van der Waals surface area (Å²) in [5, 5.41) is 13.4. The standard InChI is InChI=1S/C14H19N3O2S2/c1-14(2,3)15-9-12-16-17-13(20-12)10-5-7-11(8-6-10)21(4,18)19/h5-8,15H,9H2,1-4H3. The van der Waals surface area contributed by atoms with Crippen LogP contribution in [0.2, 0.25) is 0 Å². The lowest BCUT2D eigenvalue weighted by Crippen LogP contribution is -2.35. The van der Waals surface area contributed by atoms with Crippen molar-refractivity contribution in [1.29, 1.82) is 0 Å². The Morgan fingerprint density at radius 1 is 1.14 bits per heavy atom. The normalized spacial score (nSPS) is 12.6. The zero-order valence-electron chi connectivity index (χ0n) is 12.5. The van der Waals surface area contributed by atoms with Crippen molar-refractivity contribution in [1.82, 2.24) is 15.5 Å². The first-order valence-corrected chi connectivity index (χ1v) is 9.24. The second-order valence-corrected chi connectivity index (χ2v) is 8.98. The maximum Gasteiger partial charge on any atom is 0.175 e. The van der Waals surface area contributed by atoms with Gasteiger partial charge >= 0.3 is 0 Å². The summed E-state index contributed by atoms with van der Waals surface area (Å²) >= 11 is 1.51. The predicted octanol–water partition coefficient (Wildman–Crippen LogP) is 2.50. The molecule has 7 heteroatoms. The SMILES string of the molecule is CC(C)(C)NCc1nnc(-c2ccc(S(C)(=O)=O)cc2)s1. The molecule has 1 heterocycles. The van der Waals surface area contributed by atoms with Crippen LogP contribution in [0.25, 0.3) is 10.6 Å². The van der Waals surface area contributed by atoms with Gasteiger partial charge < -0.3 is 5.32 Å². The highest BCUT2D eigenvalue weighted by Gasteiger charge is 2.12. The molecule has 0 saturated heterocycles. The van der Waals surface area contributed by atoms with Gasteiger partial charge in [-0.1, -0.05) is 23.5 Å². The molecule has 0 spiro atoms. The number of rotatable bonds is 4. The van der Waals surface area contributed by atoms with E-state index in [0.717, 1.165) is 15.6 Å². The summed E-state index contributed by atoms with van der Waals surface area (Å²) in [6, 6.07) is 6.72. The van der Waals surface area contributed by atoms with Crippen LogP contribution in [0.1, 0.15) is 25.8 Å².